The fourth-order valence-corrected chi connectivity index (χ4v) is 23.9. The van der Waals surface area contributed by atoms with Gasteiger partial charge in [0.15, 0.2) is 11.6 Å². The van der Waals surface area contributed by atoms with E-state index in [1.807, 2.05) is 78.5 Å². The number of pyridine rings is 1. The average molecular weight is 1260 g/mol. The maximum Gasteiger partial charge on any atom is 0.257 e. The lowest BCUT2D eigenvalue weighted by Crippen LogP contribution is -2.58. The Bertz CT molecular complexity index is 3510. The van der Waals surface area contributed by atoms with Crippen molar-refractivity contribution in [1.82, 2.24) is 51.5 Å². The molecule has 16 aliphatic carbocycles. The molecule has 16 fully saturated rings. The van der Waals surface area contributed by atoms with E-state index in [1.54, 1.807) is 0 Å². The Morgan fingerprint density at radius 1 is 0.430 bits per heavy atom. The third-order valence-corrected chi connectivity index (χ3v) is 26.3. The largest absolute Gasteiger partial charge is 0.334 e. The van der Waals surface area contributed by atoms with Crippen molar-refractivity contribution < 1.29 is 9.05 Å². The molecule has 0 unspecified atom stereocenters. The van der Waals surface area contributed by atoms with E-state index in [1.165, 1.54) is 181 Å². The summed E-state index contributed by atoms with van der Waals surface area (Å²) in [6.07, 6.45) is 42.5. The van der Waals surface area contributed by atoms with Gasteiger partial charge < -0.3 is 30.3 Å². The molecule has 0 saturated heterocycles. The van der Waals surface area contributed by atoms with Gasteiger partial charge in [-0.3, -0.25) is 9.98 Å². The van der Waals surface area contributed by atoms with E-state index in [-0.39, 0.29) is 0 Å². The first kappa shape index (κ1) is 60.6. The minimum absolute atomic E-state index is 0.346. The second kappa shape index (κ2) is 25.5. The van der Waals surface area contributed by atoms with Crippen LogP contribution < -0.4 is 21.3 Å². The topological polar surface area (TPSA) is 164 Å². The molecule has 14 heteroatoms. The van der Waals surface area contributed by atoms with E-state index in [2.05, 4.69) is 113 Å². The summed E-state index contributed by atoms with van der Waals surface area (Å²) in [6.45, 7) is 6.34. The second-order valence-corrected chi connectivity index (χ2v) is 33.8. The van der Waals surface area contributed by atoms with Gasteiger partial charge in [0, 0.05) is 70.5 Å². The van der Waals surface area contributed by atoms with Gasteiger partial charge in [-0.25, -0.2) is 4.98 Å². The molecule has 13 nitrogen and oxygen atoms in total. The van der Waals surface area contributed by atoms with Crippen LogP contribution >= 0.6 is 11.3 Å². The molecule has 0 radical (unpaired) electrons. The van der Waals surface area contributed by atoms with Gasteiger partial charge in [0.05, 0.1) is 30.2 Å². The number of benzene rings is 3. The molecule has 3 aromatic carbocycles. The first-order chi connectivity index (χ1) is 45.5. The number of hydrogen-bond acceptors (Lipinski definition) is 14. The van der Waals surface area contributed by atoms with Gasteiger partial charge in [0.1, 0.15) is 5.01 Å². The fraction of sp³-hybridized carbons (Fsp3) is 0.582. The van der Waals surface area contributed by atoms with Crippen LogP contribution in [0.1, 0.15) is 182 Å². The Balaban J connectivity index is 0.0000000946. The lowest BCUT2D eigenvalue weighted by Gasteiger charge is -2.57. The zero-order valence-corrected chi connectivity index (χ0v) is 55.7. The smallest absolute Gasteiger partial charge is 0.257 e. The molecular formula is C79H97N11O2S. The SMILES string of the molecule is C1=C(CNC23CC4CC(CC(C4)C2)C3)CN=C1c1cccnc1.Cc1cccc(-c2nc(CNC34CC5CC(CC(C5)C3)C4)no2)c1.c1ccc(-c2cnc(CNC34CC5CC(CC(C5)C3)C4)s2)cc1.c1ccc(-c2nc(CNC34CC5CC(CC(C5)C3)C4)no2)cc1. The van der Waals surface area contributed by atoms with Crippen LogP contribution in [0.3, 0.4) is 0 Å². The van der Waals surface area contributed by atoms with Crippen molar-refractivity contribution in [2.75, 3.05) is 13.1 Å². The normalized spacial score (nSPS) is 35.4. The van der Waals surface area contributed by atoms with Gasteiger partial charge in [0.25, 0.3) is 11.8 Å². The highest BCUT2D eigenvalue weighted by Gasteiger charge is 2.54. The van der Waals surface area contributed by atoms with Crippen LogP contribution in [0.4, 0.5) is 0 Å². The summed E-state index contributed by atoms with van der Waals surface area (Å²) in [4.78, 5) is 24.0. The Labute approximate surface area is 554 Å². The van der Waals surface area contributed by atoms with Crippen molar-refractivity contribution in [1.29, 1.82) is 0 Å². The van der Waals surface area contributed by atoms with E-state index >= 15 is 0 Å². The van der Waals surface area contributed by atoms with Crippen LogP contribution in [0.15, 0.2) is 141 Å². The Kier molecular flexibility index (Phi) is 16.6. The Hall–Kier alpha value is -6.03. The molecule has 93 heavy (non-hydrogen) atoms. The highest BCUT2D eigenvalue weighted by molar-refractivity contribution is 7.15. The number of aliphatic imine (C=N–C) groups is 1. The molecule has 24 rings (SSSR count). The van der Waals surface area contributed by atoms with Crippen LogP contribution in [-0.4, -0.2) is 71.2 Å². The second-order valence-electron chi connectivity index (χ2n) is 32.7. The van der Waals surface area contributed by atoms with Crippen LogP contribution in [0.25, 0.3) is 33.3 Å². The molecule has 486 valence electrons. The van der Waals surface area contributed by atoms with Crippen LogP contribution in [0, 0.1) is 77.9 Å². The van der Waals surface area contributed by atoms with Crippen molar-refractivity contribution >= 4 is 17.0 Å². The van der Waals surface area contributed by atoms with Gasteiger partial charge in [-0.15, -0.1) is 11.3 Å². The average Bonchev–Trinajstić information content (AvgIpc) is 1.16. The molecule has 17 aliphatic rings. The highest BCUT2D eigenvalue weighted by atomic mass is 32.1. The summed E-state index contributed by atoms with van der Waals surface area (Å²) in [6, 6.07) is 32.9. The number of allylic oxidation sites excluding steroid dienone is 1. The molecular weight excluding hydrogens is 1170 g/mol. The fourth-order valence-electron chi connectivity index (χ4n) is 23.0. The number of rotatable bonds is 16. The molecule has 16 bridgehead atoms. The quantitative estimate of drug-likeness (QED) is 0.0725. The van der Waals surface area contributed by atoms with Crippen LogP contribution in [0.2, 0.25) is 0 Å². The van der Waals surface area contributed by atoms with Crippen LogP contribution in [-0.2, 0) is 19.6 Å². The summed E-state index contributed by atoms with van der Waals surface area (Å²) in [5.41, 5.74) is 9.73. The molecule has 5 heterocycles. The molecule has 4 N–H and O–H groups in total. The third-order valence-electron chi connectivity index (χ3n) is 25.3. The molecule has 0 amide bonds. The van der Waals surface area contributed by atoms with Crippen LogP contribution in [0.5, 0.6) is 0 Å². The molecule has 0 atom stereocenters. The monoisotopic (exact) mass is 1260 g/mol. The van der Waals surface area contributed by atoms with Crippen molar-refractivity contribution in [2.24, 2.45) is 76.0 Å². The first-order valence-corrected chi connectivity index (χ1v) is 37.3. The number of thiazole rings is 1. The number of aryl methyl sites for hydroxylation is 1. The summed E-state index contributed by atoms with van der Waals surface area (Å²) >= 11 is 1.84. The first-order valence-electron chi connectivity index (χ1n) is 36.4. The Morgan fingerprint density at radius 2 is 0.839 bits per heavy atom. The summed E-state index contributed by atoms with van der Waals surface area (Å²) < 4.78 is 10.9. The molecule has 7 aromatic rings. The molecule has 4 aromatic heterocycles. The predicted molar refractivity (Wildman–Crippen MR) is 368 cm³/mol. The van der Waals surface area contributed by atoms with Crippen molar-refractivity contribution in [3.8, 4) is 33.3 Å². The van der Waals surface area contributed by atoms with E-state index in [0.717, 1.165) is 138 Å². The third kappa shape index (κ3) is 13.5. The zero-order valence-electron chi connectivity index (χ0n) is 54.8. The van der Waals surface area contributed by atoms with Crippen molar-refractivity contribution in [3.63, 3.8) is 0 Å². The summed E-state index contributed by atoms with van der Waals surface area (Å²) in [5.74, 6) is 14.6. The standard InChI is InChI=1S/C20H25N3O.C20H25N3.C20H24N2S.C19H23N3O/c1-13-3-2-4-17(5-13)19-22-18(23-24-19)12-21-20-9-14-6-15(10-20)8-16(7-14)11-20;1-2-18(13-21-3-1)19-7-17(11-22-19)12-23-20-8-14-4-15(9-20)6-16(5-14)10-20;1-2-4-17(5-3-1)18-12-21-19(23-18)13-22-20-9-14-6-15(10-20)8-16(7-14)11-20;1-2-4-16(5-3-1)18-21-17(22-23-18)12-20-19-9-13-6-14(10-19)8-15(7-13)11-19/h2-5,14-16,21H,6-12H2,1H3;1-3,7,13-16,23H,4-6,8-12H2;1-5,12,14-16,22H,6-11,13H2;1-5,13-15,20H,6-12H2. The van der Waals surface area contributed by atoms with Gasteiger partial charge >= 0.3 is 0 Å². The highest BCUT2D eigenvalue weighted by Crippen LogP contribution is 2.59. The number of hydrogen-bond donors (Lipinski definition) is 4. The molecule has 0 spiro atoms. The molecule has 1 aliphatic heterocycles. The number of aromatic nitrogens is 6. The minimum atomic E-state index is 0.346. The lowest BCUT2D eigenvalue weighted by molar-refractivity contribution is -0.0211. The molecule has 16 saturated carbocycles. The van der Waals surface area contributed by atoms with Gasteiger partial charge in [0.2, 0.25) is 0 Å². The maximum absolute atomic E-state index is 5.48. The van der Waals surface area contributed by atoms with E-state index in [9.17, 15) is 0 Å². The predicted octanol–water partition coefficient (Wildman–Crippen LogP) is 16.1. The summed E-state index contributed by atoms with van der Waals surface area (Å²) in [5, 5.41) is 25.2. The zero-order chi connectivity index (χ0) is 62.0. The van der Waals surface area contributed by atoms with E-state index in [0.29, 0.717) is 33.9 Å². The van der Waals surface area contributed by atoms with Gasteiger partial charge in [-0.05, 0) is 286 Å². The number of nitrogens with one attached hydrogen (secondary N) is 4. The van der Waals surface area contributed by atoms with E-state index < -0.39 is 0 Å². The summed E-state index contributed by atoms with van der Waals surface area (Å²) in [7, 11) is 0. The lowest BCUT2D eigenvalue weighted by atomic mass is 9.53. The van der Waals surface area contributed by atoms with Gasteiger partial charge in [-0.2, -0.15) is 9.97 Å². The maximum atomic E-state index is 5.48. The van der Waals surface area contributed by atoms with Crippen molar-refractivity contribution in [2.45, 2.75) is 203 Å². The van der Waals surface area contributed by atoms with E-state index in [4.69, 9.17) is 14.0 Å². The van der Waals surface area contributed by atoms with Gasteiger partial charge in [-0.1, -0.05) is 76.5 Å². The minimum Gasteiger partial charge on any atom is -0.334 e. The Morgan fingerprint density at radius 3 is 1.28 bits per heavy atom. The number of nitrogens with zero attached hydrogens (tertiary/aromatic N) is 7. The van der Waals surface area contributed by atoms with Crippen molar-refractivity contribution in [3.05, 3.63) is 155 Å².